The van der Waals surface area contributed by atoms with E-state index >= 15 is 0 Å². The predicted molar refractivity (Wildman–Crippen MR) is 82.6 cm³/mol. The second-order valence-corrected chi connectivity index (χ2v) is 8.55. The van der Waals surface area contributed by atoms with Crippen LogP contribution in [0.25, 0.3) is 0 Å². The lowest BCUT2D eigenvalue weighted by molar-refractivity contribution is -0.0658. The van der Waals surface area contributed by atoms with E-state index in [0.717, 1.165) is 18.8 Å². The Hall–Kier alpha value is -0.370. The van der Waals surface area contributed by atoms with Crippen molar-refractivity contribution in [1.82, 2.24) is 0 Å². The van der Waals surface area contributed by atoms with Gasteiger partial charge in [-0.05, 0) is 86.4 Å². The monoisotopic (exact) mass is 292 g/mol. The summed E-state index contributed by atoms with van der Waals surface area (Å²) < 4.78 is 14.1. The third kappa shape index (κ3) is 1.90. The molecule has 3 saturated carbocycles. The first kappa shape index (κ1) is 14.2. The second-order valence-electron chi connectivity index (χ2n) is 8.55. The summed E-state index contributed by atoms with van der Waals surface area (Å²) in [4.78, 5) is 0. The molecule has 4 aliphatic rings. The zero-order valence-electron chi connectivity index (χ0n) is 13.3. The van der Waals surface area contributed by atoms with Crippen LogP contribution in [0, 0.1) is 28.6 Å². The van der Waals surface area contributed by atoms with Crippen molar-refractivity contribution in [1.29, 1.82) is 0 Å². The molecular formula is C19H29FO. The summed E-state index contributed by atoms with van der Waals surface area (Å²) >= 11 is 0. The van der Waals surface area contributed by atoms with Crippen LogP contribution < -0.4 is 0 Å². The molecule has 4 rings (SSSR count). The SMILES string of the molecule is C[C@]12CCCC=C1CC[C@H]1[C@@H]3C[C@@H](F)C[C@@]3(CO)CC[C@@H]12. The van der Waals surface area contributed by atoms with Crippen LogP contribution in [0.15, 0.2) is 11.6 Å². The summed E-state index contributed by atoms with van der Waals surface area (Å²) in [5.41, 5.74) is 2.02. The van der Waals surface area contributed by atoms with E-state index in [4.69, 9.17) is 0 Å². The van der Waals surface area contributed by atoms with Crippen molar-refractivity contribution in [3.8, 4) is 0 Å². The molecule has 0 radical (unpaired) electrons. The van der Waals surface area contributed by atoms with Crippen LogP contribution in [0.4, 0.5) is 4.39 Å². The number of hydrogen-bond donors (Lipinski definition) is 1. The van der Waals surface area contributed by atoms with Gasteiger partial charge in [0.1, 0.15) is 6.17 Å². The van der Waals surface area contributed by atoms with E-state index in [2.05, 4.69) is 13.0 Å². The first-order valence-corrected chi connectivity index (χ1v) is 9.03. The average Bonchev–Trinajstić information content (AvgIpc) is 2.83. The highest BCUT2D eigenvalue weighted by atomic mass is 19.1. The first-order valence-electron chi connectivity index (χ1n) is 9.03. The number of fused-ring (bicyclic) bond motifs is 5. The van der Waals surface area contributed by atoms with Gasteiger partial charge >= 0.3 is 0 Å². The van der Waals surface area contributed by atoms with Crippen LogP contribution >= 0.6 is 0 Å². The zero-order valence-corrected chi connectivity index (χ0v) is 13.3. The van der Waals surface area contributed by atoms with Gasteiger partial charge in [0, 0.05) is 6.61 Å². The fourth-order valence-electron chi connectivity index (χ4n) is 6.78. The Balaban J connectivity index is 1.68. The molecule has 2 heteroatoms. The molecule has 0 spiro atoms. The minimum atomic E-state index is -0.669. The highest BCUT2D eigenvalue weighted by molar-refractivity contribution is 5.23. The largest absolute Gasteiger partial charge is 0.396 e. The average molecular weight is 292 g/mol. The summed E-state index contributed by atoms with van der Waals surface area (Å²) in [6.07, 6.45) is 11.8. The molecule has 0 aromatic heterocycles. The Labute approximate surface area is 128 Å². The van der Waals surface area contributed by atoms with Crippen molar-refractivity contribution in [2.45, 2.75) is 70.9 Å². The Morgan fingerprint density at radius 1 is 1.29 bits per heavy atom. The number of alkyl halides is 1. The van der Waals surface area contributed by atoms with Crippen LogP contribution in [-0.4, -0.2) is 17.9 Å². The molecule has 0 aromatic rings. The molecule has 21 heavy (non-hydrogen) atoms. The summed E-state index contributed by atoms with van der Waals surface area (Å²) in [5, 5.41) is 9.98. The third-order valence-corrected chi connectivity index (χ3v) is 7.82. The molecule has 0 heterocycles. The van der Waals surface area contributed by atoms with Crippen LogP contribution in [-0.2, 0) is 0 Å². The van der Waals surface area contributed by atoms with E-state index < -0.39 is 6.17 Å². The van der Waals surface area contributed by atoms with Crippen molar-refractivity contribution >= 4 is 0 Å². The quantitative estimate of drug-likeness (QED) is 0.697. The van der Waals surface area contributed by atoms with Gasteiger partial charge in [0.2, 0.25) is 0 Å². The molecule has 0 bridgehead atoms. The first-order chi connectivity index (χ1) is 10.1. The van der Waals surface area contributed by atoms with Crippen molar-refractivity contribution in [3.63, 3.8) is 0 Å². The van der Waals surface area contributed by atoms with E-state index in [0.29, 0.717) is 23.7 Å². The van der Waals surface area contributed by atoms with Crippen molar-refractivity contribution in [2.75, 3.05) is 6.61 Å². The Bertz CT molecular complexity index is 458. The lowest BCUT2D eigenvalue weighted by Crippen LogP contribution is -2.50. The lowest BCUT2D eigenvalue weighted by Gasteiger charge is -2.57. The smallest absolute Gasteiger partial charge is 0.101 e. The number of allylic oxidation sites excluding steroid dienone is 2. The predicted octanol–water partition coefficient (Wildman–Crippen LogP) is 4.65. The molecule has 0 amide bonds. The van der Waals surface area contributed by atoms with Gasteiger partial charge in [0.15, 0.2) is 0 Å². The van der Waals surface area contributed by atoms with Gasteiger partial charge in [-0.3, -0.25) is 0 Å². The normalized spacial score (nSPS) is 52.6. The zero-order chi connectivity index (χ0) is 14.7. The Morgan fingerprint density at radius 3 is 2.95 bits per heavy atom. The molecule has 118 valence electrons. The minimum Gasteiger partial charge on any atom is -0.396 e. The van der Waals surface area contributed by atoms with E-state index in [-0.39, 0.29) is 12.0 Å². The van der Waals surface area contributed by atoms with Crippen molar-refractivity contribution in [2.24, 2.45) is 28.6 Å². The summed E-state index contributed by atoms with van der Waals surface area (Å²) in [5.74, 6) is 1.84. The number of rotatable bonds is 1. The Morgan fingerprint density at radius 2 is 2.14 bits per heavy atom. The summed E-state index contributed by atoms with van der Waals surface area (Å²) in [6.45, 7) is 2.70. The highest BCUT2D eigenvalue weighted by Crippen LogP contribution is 2.65. The lowest BCUT2D eigenvalue weighted by atomic mass is 9.47. The molecule has 1 N–H and O–H groups in total. The standard InChI is InChI=1S/C19H29FO/c1-18-8-3-2-4-13(18)5-6-15-16(18)7-9-19(12-21)11-14(20)10-17(15)19/h4,14-17,21H,2-3,5-12H2,1H3/t14-,15-,16+,17+,18+,19-/m1/s1. The molecule has 0 unspecified atom stereocenters. The van der Waals surface area contributed by atoms with E-state index in [9.17, 15) is 9.50 Å². The summed E-state index contributed by atoms with van der Waals surface area (Å²) in [6, 6.07) is 0. The molecule has 0 aliphatic heterocycles. The topological polar surface area (TPSA) is 20.2 Å². The Kier molecular flexibility index (Phi) is 3.26. The molecule has 0 saturated heterocycles. The van der Waals surface area contributed by atoms with Gasteiger partial charge < -0.3 is 5.11 Å². The molecule has 1 nitrogen and oxygen atoms in total. The maximum atomic E-state index is 14.1. The fourth-order valence-corrected chi connectivity index (χ4v) is 6.78. The van der Waals surface area contributed by atoms with Crippen LogP contribution in [0.5, 0.6) is 0 Å². The highest BCUT2D eigenvalue weighted by Gasteiger charge is 2.59. The number of aliphatic hydroxyl groups is 1. The fraction of sp³-hybridized carbons (Fsp3) is 0.895. The van der Waals surface area contributed by atoms with E-state index in [1.54, 1.807) is 5.57 Å². The number of halogens is 1. The maximum Gasteiger partial charge on any atom is 0.101 e. The van der Waals surface area contributed by atoms with Crippen LogP contribution in [0.2, 0.25) is 0 Å². The van der Waals surface area contributed by atoms with Crippen LogP contribution in [0.3, 0.4) is 0 Å². The van der Waals surface area contributed by atoms with Gasteiger partial charge in [-0.15, -0.1) is 0 Å². The second kappa shape index (κ2) is 4.81. The van der Waals surface area contributed by atoms with Crippen LogP contribution in [0.1, 0.15) is 64.7 Å². The number of hydrogen-bond acceptors (Lipinski definition) is 1. The van der Waals surface area contributed by atoms with Gasteiger partial charge in [-0.2, -0.15) is 0 Å². The summed E-state index contributed by atoms with van der Waals surface area (Å²) in [7, 11) is 0. The van der Waals surface area contributed by atoms with E-state index in [1.807, 2.05) is 0 Å². The minimum absolute atomic E-state index is 0.0766. The van der Waals surface area contributed by atoms with Gasteiger partial charge in [-0.1, -0.05) is 18.6 Å². The van der Waals surface area contributed by atoms with Gasteiger partial charge in [-0.25, -0.2) is 4.39 Å². The molecular weight excluding hydrogens is 263 g/mol. The third-order valence-electron chi connectivity index (χ3n) is 7.82. The maximum absolute atomic E-state index is 14.1. The number of aliphatic hydroxyl groups excluding tert-OH is 1. The molecule has 6 atom stereocenters. The molecule has 4 aliphatic carbocycles. The van der Waals surface area contributed by atoms with Crippen molar-refractivity contribution < 1.29 is 9.50 Å². The van der Waals surface area contributed by atoms with E-state index in [1.165, 1.54) is 38.5 Å². The molecule has 0 aromatic carbocycles. The van der Waals surface area contributed by atoms with Gasteiger partial charge in [0.25, 0.3) is 0 Å². The van der Waals surface area contributed by atoms with Crippen molar-refractivity contribution in [3.05, 3.63) is 11.6 Å². The van der Waals surface area contributed by atoms with Gasteiger partial charge in [0.05, 0.1) is 0 Å². The molecule has 3 fully saturated rings.